The van der Waals surface area contributed by atoms with Crippen molar-refractivity contribution in [2.45, 2.75) is 32.4 Å². The maximum atomic E-state index is 13.1. The van der Waals surface area contributed by atoms with Crippen LogP contribution in [0.4, 0.5) is 10.5 Å². The fraction of sp³-hybridized carbons (Fsp3) is 0.333. The highest BCUT2D eigenvalue weighted by molar-refractivity contribution is 6.30. The van der Waals surface area contributed by atoms with Crippen molar-refractivity contribution < 1.29 is 9.59 Å². The molecule has 0 saturated carbocycles. The number of hydrogen-bond acceptors (Lipinski definition) is 2. The van der Waals surface area contributed by atoms with Crippen molar-refractivity contribution in [2.75, 3.05) is 18.4 Å². The van der Waals surface area contributed by atoms with Gasteiger partial charge in [-0.15, -0.1) is 0 Å². The number of amides is 3. The molecule has 28 heavy (non-hydrogen) atoms. The second-order valence-electron chi connectivity index (χ2n) is 6.77. The summed E-state index contributed by atoms with van der Waals surface area (Å²) in [5, 5.41) is 4.12. The SMILES string of the molecule is CCN(Cc1ccc(Cl)cc1)C(=O)[C@H]1CCCN1C(=O)Nc1ccc(Cl)cc1. The lowest BCUT2D eigenvalue weighted by Crippen LogP contribution is -2.48. The molecule has 3 amide bonds. The molecule has 148 valence electrons. The maximum Gasteiger partial charge on any atom is 0.322 e. The van der Waals surface area contributed by atoms with Gasteiger partial charge >= 0.3 is 6.03 Å². The van der Waals surface area contributed by atoms with E-state index in [4.69, 9.17) is 23.2 Å². The molecule has 0 bridgehead atoms. The highest BCUT2D eigenvalue weighted by Crippen LogP contribution is 2.23. The lowest BCUT2D eigenvalue weighted by molar-refractivity contribution is -0.135. The van der Waals surface area contributed by atoms with Crippen molar-refractivity contribution in [2.24, 2.45) is 0 Å². The molecule has 0 spiro atoms. The first kappa shape index (κ1) is 20.5. The van der Waals surface area contributed by atoms with Crippen LogP contribution in [0.3, 0.4) is 0 Å². The van der Waals surface area contributed by atoms with E-state index in [1.165, 1.54) is 0 Å². The molecule has 7 heteroatoms. The average Bonchev–Trinajstić information content (AvgIpc) is 3.19. The second kappa shape index (κ2) is 9.30. The number of benzene rings is 2. The van der Waals surface area contributed by atoms with Crippen molar-refractivity contribution in [1.82, 2.24) is 9.80 Å². The third kappa shape index (κ3) is 4.97. The molecule has 0 aliphatic carbocycles. The Bertz CT molecular complexity index is 825. The zero-order chi connectivity index (χ0) is 20.1. The van der Waals surface area contributed by atoms with Crippen LogP contribution >= 0.6 is 23.2 Å². The molecule has 0 radical (unpaired) electrons. The minimum atomic E-state index is -0.445. The standard InChI is InChI=1S/C21H23Cl2N3O2/c1-2-25(14-15-5-7-16(22)8-6-15)20(27)19-4-3-13-26(19)21(28)24-18-11-9-17(23)10-12-18/h5-12,19H,2-4,13-14H2,1H3,(H,24,28)/t19-/m1/s1. The van der Waals surface area contributed by atoms with Gasteiger partial charge in [0.15, 0.2) is 0 Å². The Balaban J connectivity index is 1.67. The van der Waals surface area contributed by atoms with Gasteiger partial charge < -0.3 is 15.1 Å². The van der Waals surface area contributed by atoms with Crippen LogP contribution < -0.4 is 5.32 Å². The molecule has 5 nitrogen and oxygen atoms in total. The number of nitrogens with one attached hydrogen (secondary N) is 1. The Morgan fingerprint density at radius 1 is 1.07 bits per heavy atom. The van der Waals surface area contributed by atoms with Crippen molar-refractivity contribution in [3.05, 3.63) is 64.1 Å². The van der Waals surface area contributed by atoms with Crippen LogP contribution in [0.5, 0.6) is 0 Å². The van der Waals surface area contributed by atoms with Crippen molar-refractivity contribution >= 4 is 40.8 Å². The van der Waals surface area contributed by atoms with E-state index in [1.54, 1.807) is 34.1 Å². The van der Waals surface area contributed by atoms with Crippen LogP contribution in [0.25, 0.3) is 0 Å². The molecule has 1 heterocycles. The van der Waals surface area contributed by atoms with Crippen LogP contribution in [0.15, 0.2) is 48.5 Å². The molecule has 1 saturated heterocycles. The summed E-state index contributed by atoms with van der Waals surface area (Å²) in [4.78, 5) is 29.2. The number of nitrogens with zero attached hydrogens (tertiary/aromatic N) is 2. The monoisotopic (exact) mass is 419 g/mol. The summed E-state index contributed by atoms with van der Waals surface area (Å²) >= 11 is 11.8. The first-order chi connectivity index (χ1) is 13.5. The van der Waals surface area contributed by atoms with E-state index in [1.807, 2.05) is 31.2 Å². The van der Waals surface area contributed by atoms with E-state index in [9.17, 15) is 9.59 Å². The van der Waals surface area contributed by atoms with Gasteiger partial charge in [-0.05, 0) is 61.7 Å². The molecule has 3 rings (SSSR count). The van der Waals surface area contributed by atoms with E-state index in [0.717, 1.165) is 12.0 Å². The van der Waals surface area contributed by atoms with E-state index in [-0.39, 0.29) is 11.9 Å². The summed E-state index contributed by atoms with van der Waals surface area (Å²) in [6.07, 6.45) is 1.48. The van der Waals surface area contributed by atoms with Crippen LogP contribution in [-0.4, -0.2) is 40.9 Å². The van der Waals surface area contributed by atoms with Gasteiger partial charge in [-0.2, -0.15) is 0 Å². The van der Waals surface area contributed by atoms with Crippen molar-refractivity contribution in [3.63, 3.8) is 0 Å². The van der Waals surface area contributed by atoms with Crippen LogP contribution in [0, 0.1) is 0 Å². The van der Waals surface area contributed by atoms with Gasteiger partial charge in [-0.1, -0.05) is 35.3 Å². The first-order valence-electron chi connectivity index (χ1n) is 9.34. The minimum absolute atomic E-state index is 0.0267. The molecule has 1 fully saturated rings. The zero-order valence-electron chi connectivity index (χ0n) is 15.7. The quantitative estimate of drug-likeness (QED) is 0.737. The van der Waals surface area contributed by atoms with Gasteiger partial charge in [-0.3, -0.25) is 4.79 Å². The molecular weight excluding hydrogens is 397 g/mol. The summed E-state index contributed by atoms with van der Waals surface area (Å²) in [7, 11) is 0. The van der Waals surface area contributed by atoms with Crippen molar-refractivity contribution in [3.8, 4) is 0 Å². The van der Waals surface area contributed by atoms with E-state index in [0.29, 0.717) is 41.8 Å². The van der Waals surface area contributed by atoms with Gasteiger partial charge in [0.05, 0.1) is 0 Å². The molecule has 1 aliphatic rings. The van der Waals surface area contributed by atoms with Gasteiger partial charge in [0.25, 0.3) is 0 Å². The van der Waals surface area contributed by atoms with Crippen LogP contribution in [0.1, 0.15) is 25.3 Å². The summed E-state index contributed by atoms with van der Waals surface area (Å²) < 4.78 is 0. The third-order valence-electron chi connectivity index (χ3n) is 4.87. The van der Waals surface area contributed by atoms with Gasteiger partial charge in [0.1, 0.15) is 6.04 Å². The Kier molecular flexibility index (Phi) is 6.81. The lowest BCUT2D eigenvalue weighted by Gasteiger charge is -2.30. The Morgan fingerprint density at radius 2 is 1.68 bits per heavy atom. The number of carbonyl (C=O) groups excluding carboxylic acids is 2. The number of likely N-dealkylation sites (N-methyl/N-ethyl adjacent to an activating group) is 1. The number of likely N-dealkylation sites (tertiary alicyclic amines) is 1. The molecule has 1 N–H and O–H groups in total. The number of carbonyl (C=O) groups is 2. The maximum absolute atomic E-state index is 13.1. The molecular formula is C21H23Cl2N3O2. The Labute approximate surface area is 175 Å². The second-order valence-corrected chi connectivity index (χ2v) is 7.64. The van der Waals surface area contributed by atoms with Crippen molar-refractivity contribution in [1.29, 1.82) is 0 Å². The molecule has 0 aromatic heterocycles. The molecule has 0 unspecified atom stereocenters. The van der Waals surface area contributed by atoms with Gasteiger partial charge in [-0.25, -0.2) is 4.79 Å². The predicted molar refractivity (Wildman–Crippen MR) is 113 cm³/mol. The molecule has 1 aliphatic heterocycles. The van der Waals surface area contributed by atoms with E-state index in [2.05, 4.69) is 5.32 Å². The first-order valence-corrected chi connectivity index (χ1v) is 10.1. The van der Waals surface area contributed by atoms with Gasteiger partial charge in [0, 0.05) is 35.4 Å². The largest absolute Gasteiger partial charge is 0.337 e. The Morgan fingerprint density at radius 3 is 2.29 bits per heavy atom. The zero-order valence-corrected chi connectivity index (χ0v) is 17.2. The molecule has 1 atom stereocenters. The van der Waals surface area contributed by atoms with E-state index >= 15 is 0 Å². The topological polar surface area (TPSA) is 52.7 Å². The predicted octanol–water partition coefficient (Wildman–Crippen LogP) is 5.04. The lowest BCUT2D eigenvalue weighted by atomic mass is 10.1. The third-order valence-corrected chi connectivity index (χ3v) is 5.38. The normalized spacial score (nSPS) is 16.1. The average molecular weight is 420 g/mol. The fourth-order valence-electron chi connectivity index (χ4n) is 3.36. The summed E-state index contributed by atoms with van der Waals surface area (Å²) in [6.45, 7) is 3.58. The molecule has 2 aromatic rings. The number of halogens is 2. The highest BCUT2D eigenvalue weighted by Gasteiger charge is 2.36. The van der Waals surface area contributed by atoms with Crippen LogP contribution in [-0.2, 0) is 11.3 Å². The van der Waals surface area contributed by atoms with Gasteiger partial charge in [0.2, 0.25) is 5.91 Å². The number of anilines is 1. The Hall–Kier alpha value is -2.24. The smallest absolute Gasteiger partial charge is 0.322 e. The summed E-state index contributed by atoms with van der Waals surface area (Å²) in [5.74, 6) is -0.0267. The minimum Gasteiger partial charge on any atom is -0.337 e. The fourth-order valence-corrected chi connectivity index (χ4v) is 3.61. The van der Waals surface area contributed by atoms with E-state index < -0.39 is 6.04 Å². The summed E-state index contributed by atoms with van der Waals surface area (Å²) in [5.41, 5.74) is 1.66. The molecule has 2 aromatic carbocycles. The number of rotatable bonds is 5. The highest BCUT2D eigenvalue weighted by atomic mass is 35.5. The number of urea groups is 1. The number of hydrogen-bond donors (Lipinski definition) is 1. The summed E-state index contributed by atoms with van der Waals surface area (Å²) in [6, 6.07) is 13.7. The van der Waals surface area contributed by atoms with Crippen LogP contribution in [0.2, 0.25) is 10.0 Å².